The largest absolute Gasteiger partial charge is 0.274 e. The lowest BCUT2D eigenvalue weighted by molar-refractivity contribution is 0.569. The maximum Gasteiger partial charge on any atom is 0.274 e. The van der Waals surface area contributed by atoms with Crippen LogP contribution in [0.3, 0.4) is 0 Å². The molecule has 17 heavy (non-hydrogen) atoms. The summed E-state index contributed by atoms with van der Waals surface area (Å²) in [6.45, 7) is 1.77. The van der Waals surface area contributed by atoms with E-state index in [4.69, 9.17) is 5.14 Å². The summed E-state index contributed by atoms with van der Waals surface area (Å²) >= 11 is 0. The monoisotopic (exact) mass is 250 g/mol. The van der Waals surface area contributed by atoms with Crippen molar-refractivity contribution in [2.45, 2.75) is 13.0 Å². The minimum atomic E-state index is -3.69. The maximum absolute atomic E-state index is 11.0. The van der Waals surface area contributed by atoms with E-state index >= 15 is 0 Å². The first kappa shape index (κ1) is 12.0. The molecule has 0 heterocycles. The van der Waals surface area contributed by atoms with Crippen LogP contribution >= 0.6 is 0 Å². The Bertz CT molecular complexity index is 633. The molecule has 0 bridgehead atoms. The summed E-state index contributed by atoms with van der Waals surface area (Å²) in [5, 5.41) is 7.08. The van der Waals surface area contributed by atoms with E-state index in [-0.39, 0.29) is 6.04 Å². The molecule has 0 fully saturated rings. The molecule has 0 aliphatic rings. The highest BCUT2D eigenvalue weighted by Gasteiger charge is 2.13. The second-order valence-corrected chi connectivity index (χ2v) is 5.28. The van der Waals surface area contributed by atoms with Gasteiger partial charge in [0.15, 0.2) is 0 Å². The van der Waals surface area contributed by atoms with Gasteiger partial charge in [0, 0.05) is 6.04 Å². The summed E-state index contributed by atoms with van der Waals surface area (Å²) in [5.41, 5.74) is 0.914. The molecule has 0 spiro atoms. The maximum atomic E-state index is 11.0. The molecular weight excluding hydrogens is 236 g/mol. The van der Waals surface area contributed by atoms with E-state index in [1.807, 2.05) is 42.5 Å². The summed E-state index contributed by atoms with van der Waals surface area (Å²) in [7, 11) is -3.69. The Balaban J connectivity index is 2.48. The Morgan fingerprint density at radius 1 is 1.12 bits per heavy atom. The minimum Gasteiger partial charge on any atom is -0.216 e. The summed E-state index contributed by atoms with van der Waals surface area (Å²) in [6.07, 6.45) is 0. The van der Waals surface area contributed by atoms with Gasteiger partial charge in [0.05, 0.1) is 0 Å². The summed E-state index contributed by atoms with van der Waals surface area (Å²) in [4.78, 5) is 0. The van der Waals surface area contributed by atoms with Gasteiger partial charge in [-0.05, 0) is 23.3 Å². The van der Waals surface area contributed by atoms with Crippen LogP contribution in [0.15, 0.2) is 42.5 Å². The molecule has 0 aromatic heterocycles. The third kappa shape index (κ3) is 2.82. The highest BCUT2D eigenvalue weighted by Crippen LogP contribution is 2.24. The van der Waals surface area contributed by atoms with Crippen molar-refractivity contribution in [1.29, 1.82) is 0 Å². The predicted octanol–water partition coefficient (Wildman–Crippen LogP) is 1.69. The molecule has 3 N–H and O–H groups in total. The standard InChI is InChI=1S/C12H14N2O2S/c1-9(14-17(13,15)16)11-8-4-6-10-5-2-3-7-12(10)11/h2-9,14H,1H3,(H2,13,15,16). The van der Waals surface area contributed by atoms with Gasteiger partial charge in [0.25, 0.3) is 10.2 Å². The van der Waals surface area contributed by atoms with Crippen LogP contribution in [0.1, 0.15) is 18.5 Å². The first-order valence-electron chi connectivity index (χ1n) is 5.25. The van der Waals surface area contributed by atoms with Crippen LogP contribution in [0, 0.1) is 0 Å². The first-order valence-corrected chi connectivity index (χ1v) is 6.80. The number of rotatable bonds is 3. The molecule has 0 aliphatic carbocycles. The third-order valence-electron chi connectivity index (χ3n) is 2.63. The van der Waals surface area contributed by atoms with Crippen molar-refractivity contribution in [3.8, 4) is 0 Å². The summed E-state index contributed by atoms with van der Waals surface area (Å²) in [5.74, 6) is 0. The Morgan fingerprint density at radius 2 is 1.76 bits per heavy atom. The zero-order valence-corrected chi connectivity index (χ0v) is 10.2. The van der Waals surface area contributed by atoms with Gasteiger partial charge in [-0.3, -0.25) is 0 Å². The predicted molar refractivity (Wildman–Crippen MR) is 68.6 cm³/mol. The van der Waals surface area contributed by atoms with E-state index in [1.165, 1.54) is 0 Å². The van der Waals surface area contributed by atoms with Crippen molar-refractivity contribution in [1.82, 2.24) is 4.72 Å². The number of benzene rings is 2. The Hall–Kier alpha value is -1.43. The van der Waals surface area contributed by atoms with Crippen molar-refractivity contribution >= 4 is 21.0 Å². The van der Waals surface area contributed by atoms with E-state index in [0.717, 1.165) is 16.3 Å². The second kappa shape index (κ2) is 4.44. The van der Waals surface area contributed by atoms with Crippen molar-refractivity contribution in [2.24, 2.45) is 5.14 Å². The molecule has 0 amide bonds. The molecule has 0 radical (unpaired) electrons. The molecule has 0 aliphatic heterocycles. The highest BCUT2D eigenvalue weighted by molar-refractivity contribution is 7.87. The topological polar surface area (TPSA) is 72.2 Å². The molecule has 0 saturated carbocycles. The fraction of sp³-hybridized carbons (Fsp3) is 0.167. The van der Waals surface area contributed by atoms with Crippen LogP contribution in [0.25, 0.3) is 10.8 Å². The fourth-order valence-corrected chi connectivity index (χ4v) is 2.56. The lowest BCUT2D eigenvalue weighted by Crippen LogP contribution is -2.33. The van der Waals surface area contributed by atoms with Gasteiger partial charge in [0.1, 0.15) is 0 Å². The van der Waals surface area contributed by atoms with E-state index in [0.29, 0.717) is 0 Å². The average molecular weight is 250 g/mol. The minimum absolute atomic E-state index is 0.351. The molecule has 1 atom stereocenters. The number of fused-ring (bicyclic) bond motifs is 1. The van der Waals surface area contributed by atoms with Crippen LogP contribution in [0.4, 0.5) is 0 Å². The SMILES string of the molecule is CC(NS(N)(=O)=O)c1cccc2ccccc12. The van der Waals surface area contributed by atoms with Crippen LogP contribution in [-0.2, 0) is 10.2 Å². The smallest absolute Gasteiger partial charge is 0.216 e. The average Bonchev–Trinajstić information content (AvgIpc) is 2.26. The molecule has 1 unspecified atom stereocenters. The molecule has 5 heteroatoms. The highest BCUT2D eigenvalue weighted by atomic mass is 32.2. The Kier molecular flexibility index (Phi) is 3.15. The van der Waals surface area contributed by atoms with E-state index < -0.39 is 10.2 Å². The van der Waals surface area contributed by atoms with Gasteiger partial charge in [0.2, 0.25) is 0 Å². The van der Waals surface area contributed by atoms with Gasteiger partial charge in [-0.25, -0.2) is 5.14 Å². The zero-order chi connectivity index (χ0) is 12.5. The van der Waals surface area contributed by atoms with Crippen molar-refractivity contribution in [3.63, 3.8) is 0 Å². The lowest BCUT2D eigenvalue weighted by atomic mass is 10.0. The van der Waals surface area contributed by atoms with Crippen molar-refractivity contribution in [3.05, 3.63) is 48.0 Å². The normalized spacial score (nSPS) is 13.8. The van der Waals surface area contributed by atoms with E-state index in [9.17, 15) is 8.42 Å². The van der Waals surface area contributed by atoms with Gasteiger partial charge in [-0.2, -0.15) is 13.1 Å². The van der Waals surface area contributed by atoms with Gasteiger partial charge in [-0.1, -0.05) is 42.5 Å². The van der Waals surface area contributed by atoms with E-state index in [1.54, 1.807) is 6.92 Å². The molecule has 2 aromatic carbocycles. The third-order valence-corrected chi connectivity index (χ3v) is 3.31. The van der Waals surface area contributed by atoms with Gasteiger partial charge in [-0.15, -0.1) is 0 Å². The summed E-state index contributed by atoms with van der Waals surface area (Å²) < 4.78 is 24.4. The van der Waals surface area contributed by atoms with Crippen LogP contribution in [-0.4, -0.2) is 8.42 Å². The van der Waals surface area contributed by atoms with Gasteiger partial charge >= 0.3 is 0 Å². The fourth-order valence-electron chi connectivity index (χ4n) is 1.94. The lowest BCUT2D eigenvalue weighted by Gasteiger charge is -2.14. The molecule has 4 nitrogen and oxygen atoms in total. The Labute approximate surface area is 101 Å². The Morgan fingerprint density at radius 3 is 2.47 bits per heavy atom. The van der Waals surface area contributed by atoms with Crippen molar-refractivity contribution in [2.75, 3.05) is 0 Å². The second-order valence-electron chi connectivity index (χ2n) is 3.95. The quantitative estimate of drug-likeness (QED) is 0.870. The summed E-state index contributed by atoms with van der Waals surface area (Å²) in [6, 6.07) is 13.3. The van der Waals surface area contributed by atoms with E-state index in [2.05, 4.69) is 4.72 Å². The number of hydrogen-bond donors (Lipinski definition) is 2. The van der Waals surface area contributed by atoms with Crippen LogP contribution < -0.4 is 9.86 Å². The molecule has 2 aromatic rings. The number of nitrogens with two attached hydrogens (primary N) is 1. The molecule has 0 saturated heterocycles. The number of hydrogen-bond acceptors (Lipinski definition) is 2. The molecular formula is C12H14N2O2S. The number of nitrogens with one attached hydrogen (secondary N) is 1. The van der Waals surface area contributed by atoms with Crippen LogP contribution in [0.2, 0.25) is 0 Å². The zero-order valence-electron chi connectivity index (χ0n) is 9.42. The van der Waals surface area contributed by atoms with Crippen molar-refractivity contribution < 1.29 is 8.42 Å². The first-order chi connectivity index (χ1) is 7.97. The molecule has 90 valence electrons. The molecule has 2 rings (SSSR count). The van der Waals surface area contributed by atoms with Gasteiger partial charge < -0.3 is 0 Å². The van der Waals surface area contributed by atoms with Crippen LogP contribution in [0.5, 0.6) is 0 Å².